The molecule has 1 heterocycles. The van der Waals surface area contributed by atoms with Crippen LogP contribution in [-0.4, -0.2) is 12.5 Å². The average molecular weight is 284 g/mol. The van der Waals surface area contributed by atoms with Gasteiger partial charge in [0.15, 0.2) is 0 Å². The van der Waals surface area contributed by atoms with Crippen LogP contribution in [-0.2, 0) is 4.79 Å². The first-order valence-electron chi connectivity index (χ1n) is 6.05. The minimum atomic E-state index is -0.0934. The smallest absolute Gasteiger partial charge is 0.244 e. The molecule has 5 heteroatoms. The highest BCUT2D eigenvalue weighted by molar-refractivity contribution is 6.33. The van der Waals surface area contributed by atoms with Crippen molar-refractivity contribution in [2.24, 2.45) is 0 Å². The lowest BCUT2D eigenvalue weighted by molar-refractivity contribution is -0.115. The molecule has 0 aliphatic carbocycles. The maximum absolute atomic E-state index is 11.8. The molecule has 0 saturated heterocycles. The van der Waals surface area contributed by atoms with Gasteiger partial charge in [0.2, 0.25) is 5.91 Å². The van der Waals surface area contributed by atoms with Crippen LogP contribution < -0.4 is 10.2 Å². The number of amides is 1. The minimum Gasteiger partial charge on any atom is -0.329 e. The van der Waals surface area contributed by atoms with Crippen LogP contribution in [0, 0.1) is 11.3 Å². The van der Waals surface area contributed by atoms with Gasteiger partial charge in [0.25, 0.3) is 0 Å². The Morgan fingerprint density at radius 1 is 1.20 bits per heavy atom. The molecule has 0 bridgehead atoms. The number of halogens is 1. The third kappa shape index (κ3) is 2.09. The fourth-order valence-corrected chi connectivity index (χ4v) is 2.53. The van der Waals surface area contributed by atoms with Crippen molar-refractivity contribution in [3.8, 4) is 6.07 Å². The number of hydrogen-bond donors (Lipinski definition) is 1. The maximum atomic E-state index is 11.8. The van der Waals surface area contributed by atoms with Crippen LogP contribution in [0.5, 0.6) is 0 Å². The van der Waals surface area contributed by atoms with E-state index in [-0.39, 0.29) is 12.5 Å². The Labute approximate surface area is 121 Å². The van der Waals surface area contributed by atoms with Crippen molar-refractivity contribution >= 4 is 34.6 Å². The Balaban J connectivity index is 2.11. The Morgan fingerprint density at radius 2 is 2.00 bits per heavy atom. The van der Waals surface area contributed by atoms with Gasteiger partial charge in [-0.05, 0) is 30.3 Å². The molecule has 0 fully saturated rings. The summed E-state index contributed by atoms with van der Waals surface area (Å²) < 4.78 is 0. The Bertz CT molecular complexity index is 736. The lowest BCUT2D eigenvalue weighted by Crippen LogP contribution is -2.35. The lowest BCUT2D eigenvalue weighted by Gasteiger charge is -2.31. The normalized spacial score (nSPS) is 13.4. The van der Waals surface area contributed by atoms with E-state index < -0.39 is 0 Å². The third-order valence-corrected chi connectivity index (χ3v) is 3.44. The van der Waals surface area contributed by atoms with Crippen molar-refractivity contribution in [1.29, 1.82) is 5.26 Å². The highest BCUT2D eigenvalue weighted by atomic mass is 35.5. The SMILES string of the molecule is N#Cc1ccc(N2CC(=O)Nc3ccccc32)c(Cl)c1. The number of benzene rings is 2. The van der Waals surface area contributed by atoms with Gasteiger partial charge >= 0.3 is 0 Å². The number of carbonyl (C=O) groups excluding carboxylic acids is 1. The zero-order valence-corrected chi connectivity index (χ0v) is 11.2. The summed E-state index contributed by atoms with van der Waals surface area (Å²) in [6.45, 7) is 0.197. The zero-order valence-electron chi connectivity index (χ0n) is 10.4. The number of rotatable bonds is 1. The molecule has 98 valence electrons. The molecule has 0 unspecified atom stereocenters. The van der Waals surface area contributed by atoms with Gasteiger partial charge in [0.1, 0.15) is 6.54 Å². The van der Waals surface area contributed by atoms with E-state index in [1.807, 2.05) is 35.2 Å². The molecule has 0 aromatic heterocycles. The van der Waals surface area contributed by atoms with E-state index >= 15 is 0 Å². The summed E-state index contributed by atoms with van der Waals surface area (Å²) in [7, 11) is 0. The second-order valence-corrected chi connectivity index (χ2v) is 4.84. The van der Waals surface area contributed by atoms with Crippen molar-refractivity contribution in [2.45, 2.75) is 0 Å². The van der Waals surface area contributed by atoms with Gasteiger partial charge in [-0.25, -0.2) is 0 Å². The number of fused-ring (bicyclic) bond motifs is 1. The van der Waals surface area contributed by atoms with Crippen LogP contribution in [0.1, 0.15) is 5.56 Å². The fraction of sp³-hybridized carbons (Fsp3) is 0.0667. The molecule has 20 heavy (non-hydrogen) atoms. The van der Waals surface area contributed by atoms with E-state index in [2.05, 4.69) is 5.32 Å². The summed E-state index contributed by atoms with van der Waals surface area (Å²) >= 11 is 6.23. The first-order chi connectivity index (χ1) is 9.69. The van der Waals surface area contributed by atoms with Crippen LogP contribution in [0.15, 0.2) is 42.5 Å². The van der Waals surface area contributed by atoms with Crippen molar-refractivity contribution in [3.05, 3.63) is 53.1 Å². The van der Waals surface area contributed by atoms with Crippen LogP contribution in [0.4, 0.5) is 17.1 Å². The van der Waals surface area contributed by atoms with Gasteiger partial charge in [0.05, 0.1) is 33.7 Å². The molecular weight excluding hydrogens is 274 g/mol. The second-order valence-electron chi connectivity index (χ2n) is 4.43. The minimum absolute atomic E-state index is 0.0934. The van der Waals surface area contributed by atoms with Gasteiger partial charge in [0, 0.05) is 0 Å². The van der Waals surface area contributed by atoms with E-state index in [1.165, 1.54) is 0 Å². The highest BCUT2D eigenvalue weighted by Crippen LogP contribution is 2.38. The first-order valence-corrected chi connectivity index (χ1v) is 6.43. The predicted octanol–water partition coefficient (Wildman–Crippen LogP) is 3.30. The molecule has 2 aromatic carbocycles. The number of nitriles is 1. The second kappa shape index (κ2) is 4.87. The molecule has 1 amide bonds. The van der Waals surface area contributed by atoms with Crippen molar-refractivity contribution in [2.75, 3.05) is 16.8 Å². The molecule has 1 N–H and O–H groups in total. The molecule has 0 atom stereocenters. The van der Waals surface area contributed by atoms with E-state index in [4.69, 9.17) is 16.9 Å². The number of anilines is 3. The monoisotopic (exact) mass is 283 g/mol. The number of hydrogen-bond acceptors (Lipinski definition) is 3. The molecule has 0 radical (unpaired) electrons. The van der Waals surface area contributed by atoms with Crippen molar-refractivity contribution in [1.82, 2.24) is 0 Å². The summed E-state index contributed by atoms with van der Waals surface area (Å²) in [6.07, 6.45) is 0. The summed E-state index contributed by atoms with van der Waals surface area (Å²) in [5.41, 5.74) is 2.85. The van der Waals surface area contributed by atoms with E-state index in [1.54, 1.807) is 18.2 Å². The summed E-state index contributed by atoms with van der Waals surface area (Å²) in [5, 5.41) is 12.2. The first kappa shape index (κ1) is 12.5. The quantitative estimate of drug-likeness (QED) is 0.873. The standard InChI is InChI=1S/C15H10ClN3O/c16-11-7-10(8-17)5-6-13(11)19-9-15(20)18-12-3-1-2-4-14(12)19/h1-7H,9H2,(H,18,20). The molecular formula is C15H10ClN3O. The Morgan fingerprint density at radius 3 is 2.75 bits per heavy atom. The molecule has 1 aliphatic heterocycles. The Hall–Kier alpha value is -2.51. The maximum Gasteiger partial charge on any atom is 0.244 e. The molecule has 4 nitrogen and oxygen atoms in total. The molecule has 0 saturated carbocycles. The summed E-state index contributed by atoms with van der Waals surface area (Å²) in [5.74, 6) is -0.0934. The number of nitrogens with zero attached hydrogens (tertiary/aromatic N) is 2. The van der Waals surface area contributed by atoms with Gasteiger partial charge in [-0.3, -0.25) is 4.79 Å². The molecule has 0 spiro atoms. The van der Waals surface area contributed by atoms with Crippen LogP contribution >= 0.6 is 11.6 Å². The van der Waals surface area contributed by atoms with Gasteiger partial charge in [-0.15, -0.1) is 0 Å². The summed E-state index contributed by atoms with van der Waals surface area (Å²) in [6, 6.07) is 14.6. The van der Waals surface area contributed by atoms with E-state index in [0.29, 0.717) is 16.3 Å². The number of para-hydroxylation sites is 2. The van der Waals surface area contributed by atoms with Crippen LogP contribution in [0.3, 0.4) is 0 Å². The molecule has 1 aliphatic rings. The topological polar surface area (TPSA) is 56.1 Å². The zero-order chi connectivity index (χ0) is 14.1. The molecule has 2 aromatic rings. The van der Waals surface area contributed by atoms with Gasteiger partial charge < -0.3 is 10.2 Å². The summed E-state index contributed by atoms with van der Waals surface area (Å²) in [4.78, 5) is 13.6. The van der Waals surface area contributed by atoms with Crippen LogP contribution in [0.25, 0.3) is 0 Å². The third-order valence-electron chi connectivity index (χ3n) is 3.14. The Kier molecular flexibility index (Phi) is 3.05. The number of nitrogens with one attached hydrogen (secondary N) is 1. The van der Waals surface area contributed by atoms with E-state index in [9.17, 15) is 4.79 Å². The van der Waals surface area contributed by atoms with Gasteiger partial charge in [-0.2, -0.15) is 5.26 Å². The fourth-order valence-electron chi connectivity index (χ4n) is 2.24. The number of carbonyl (C=O) groups is 1. The highest BCUT2D eigenvalue weighted by Gasteiger charge is 2.24. The van der Waals surface area contributed by atoms with Crippen LogP contribution in [0.2, 0.25) is 5.02 Å². The van der Waals surface area contributed by atoms with Crippen molar-refractivity contribution in [3.63, 3.8) is 0 Å². The van der Waals surface area contributed by atoms with Gasteiger partial charge in [-0.1, -0.05) is 23.7 Å². The largest absolute Gasteiger partial charge is 0.329 e. The lowest BCUT2D eigenvalue weighted by atomic mass is 10.1. The average Bonchev–Trinajstić information content (AvgIpc) is 2.46. The predicted molar refractivity (Wildman–Crippen MR) is 78.2 cm³/mol. The van der Waals surface area contributed by atoms with Crippen molar-refractivity contribution < 1.29 is 4.79 Å². The van der Waals surface area contributed by atoms with E-state index in [0.717, 1.165) is 11.4 Å². The molecule has 3 rings (SSSR count).